The van der Waals surface area contributed by atoms with E-state index in [1.807, 2.05) is 0 Å². The molecule has 3 aliphatic rings. The van der Waals surface area contributed by atoms with Crippen molar-refractivity contribution in [1.29, 1.82) is 0 Å². The number of aliphatic hydroxyl groups excluding tert-OH is 3. The number of esters is 1. The summed E-state index contributed by atoms with van der Waals surface area (Å²) in [7, 11) is 1.07. The Morgan fingerprint density at radius 2 is 1.71 bits per heavy atom. The summed E-state index contributed by atoms with van der Waals surface area (Å²) in [5.41, 5.74) is -3.72. The van der Waals surface area contributed by atoms with E-state index in [0.29, 0.717) is 0 Å². The number of carboxylic acid groups (broad SMARTS) is 1. The van der Waals surface area contributed by atoms with Crippen LogP contribution in [0.2, 0.25) is 0 Å². The normalized spacial score (nSPS) is 32.0. The fourth-order valence-electron chi connectivity index (χ4n) is 6.01. The highest BCUT2D eigenvalue weighted by Gasteiger charge is 2.54. The van der Waals surface area contributed by atoms with Crippen molar-refractivity contribution < 1.29 is 69.1 Å². The van der Waals surface area contributed by atoms with Gasteiger partial charge < -0.3 is 50.0 Å². The molecule has 1 saturated heterocycles. The first-order valence-corrected chi connectivity index (χ1v) is 13.0. The van der Waals surface area contributed by atoms with E-state index in [2.05, 4.69) is 0 Å². The average Bonchev–Trinajstić information content (AvgIpc) is 2.95. The molecule has 14 nitrogen and oxygen atoms in total. The number of benzene rings is 2. The van der Waals surface area contributed by atoms with Crippen molar-refractivity contribution in [3.05, 3.63) is 57.6 Å². The number of carboxylic acids is 1. The van der Waals surface area contributed by atoms with Crippen molar-refractivity contribution in [1.82, 2.24) is 0 Å². The third-order valence-corrected chi connectivity index (χ3v) is 8.23. The number of hydrogen-bond donors (Lipinski definition) is 7. The number of ether oxygens (including phenoxy) is 3. The second-order valence-corrected chi connectivity index (χ2v) is 10.5. The monoisotopic (exact) mass is 588 g/mol. The summed E-state index contributed by atoms with van der Waals surface area (Å²) in [5, 5.41) is 73.8. The van der Waals surface area contributed by atoms with Gasteiger partial charge in [-0.05, 0) is 24.1 Å². The lowest BCUT2D eigenvalue weighted by molar-refractivity contribution is -0.309. The molecule has 14 heteroatoms. The summed E-state index contributed by atoms with van der Waals surface area (Å²) in [4.78, 5) is 51.7. The molecule has 2 aromatic carbocycles. The van der Waals surface area contributed by atoms with Gasteiger partial charge in [0.2, 0.25) is 5.78 Å². The largest absolute Gasteiger partial charge is 0.507 e. The summed E-state index contributed by atoms with van der Waals surface area (Å²) < 4.78 is 16.0. The van der Waals surface area contributed by atoms with Crippen molar-refractivity contribution in [2.45, 2.75) is 68.1 Å². The van der Waals surface area contributed by atoms with E-state index in [0.717, 1.165) is 13.2 Å². The molecule has 2 aromatic rings. The number of phenolic OH excluding ortho intramolecular Hbond substituents is 2. The third kappa shape index (κ3) is 4.26. The zero-order valence-corrected chi connectivity index (χ0v) is 22.3. The number of hydrogen-bond acceptors (Lipinski definition) is 13. The standard InChI is InChI=1S/C28H28O14/c1-3-28(39)8-13(41-27-23(35)21(33)22(34)24(42-27)25(36)37)15-10(17(28)26(38)40-2)7-11-16(20(15)32)19(31)14-9(18(11)30)5-4-6-12(14)29/h4-7,13,17,21-24,27,29,32-35,39H,3,8H2,1-2H3,(H,36,37)/t13-,17-,21-,22-,23+,24-,27+,28+/m0/s1. The van der Waals surface area contributed by atoms with Gasteiger partial charge in [0, 0.05) is 23.1 Å². The first-order valence-electron chi connectivity index (χ1n) is 13.0. The lowest BCUT2D eigenvalue weighted by Gasteiger charge is -2.46. The van der Waals surface area contributed by atoms with Crippen LogP contribution < -0.4 is 0 Å². The second-order valence-electron chi connectivity index (χ2n) is 10.5. The molecule has 0 spiro atoms. The highest BCUT2D eigenvalue weighted by Crippen LogP contribution is 2.54. The average molecular weight is 589 g/mol. The Balaban J connectivity index is 1.71. The number of aromatic hydroxyl groups is 2. The Hall–Kier alpha value is -3.92. The van der Waals surface area contributed by atoms with Gasteiger partial charge in [-0.15, -0.1) is 0 Å². The van der Waals surface area contributed by atoms with Gasteiger partial charge in [-0.2, -0.15) is 0 Å². The molecule has 7 N–H and O–H groups in total. The Kier molecular flexibility index (Phi) is 7.33. The second kappa shape index (κ2) is 10.4. The molecule has 2 aliphatic carbocycles. The maximum atomic E-state index is 13.5. The summed E-state index contributed by atoms with van der Waals surface area (Å²) in [6.07, 6.45) is -12.1. The molecule has 1 heterocycles. The molecular weight excluding hydrogens is 560 g/mol. The van der Waals surface area contributed by atoms with Crippen molar-refractivity contribution >= 4 is 23.5 Å². The van der Waals surface area contributed by atoms with Crippen LogP contribution in [-0.2, 0) is 23.8 Å². The highest BCUT2D eigenvalue weighted by molar-refractivity contribution is 6.30. The van der Waals surface area contributed by atoms with Gasteiger partial charge in [0.1, 0.15) is 35.7 Å². The minimum Gasteiger partial charge on any atom is -0.507 e. The maximum Gasteiger partial charge on any atom is 0.335 e. The van der Waals surface area contributed by atoms with Gasteiger partial charge in [0.05, 0.1) is 29.9 Å². The van der Waals surface area contributed by atoms with Gasteiger partial charge >= 0.3 is 11.9 Å². The van der Waals surface area contributed by atoms with E-state index in [1.165, 1.54) is 25.1 Å². The van der Waals surface area contributed by atoms with E-state index in [4.69, 9.17) is 14.2 Å². The first kappa shape index (κ1) is 29.6. The van der Waals surface area contributed by atoms with Crippen LogP contribution in [0.1, 0.15) is 74.8 Å². The summed E-state index contributed by atoms with van der Waals surface area (Å²) >= 11 is 0. The number of carbonyl (C=O) groups excluding carboxylic acids is 3. The molecule has 0 aromatic heterocycles. The fraction of sp³-hybridized carbons (Fsp3) is 0.429. The molecule has 5 rings (SSSR count). The molecule has 224 valence electrons. The van der Waals surface area contributed by atoms with E-state index >= 15 is 0 Å². The van der Waals surface area contributed by atoms with Crippen molar-refractivity contribution in [3.63, 3.8) is 0 Å². The van der Waals surface area contributed by atoms with Crippen LogP contribution >= 0.6 is 0 Å². The number of methoxy groups -OCH3 is 1. The summed E-state index contributed by atoms with van der Waals surface area (Å²) in [6, 6.07) is 4.99. The van der Waals surface area contributed by atoms with E-state index in [1.54, 1.807) is 0 Å². The van der Waals surface area contributed by atoms with Crippen LogP contribution in [0.5, 0.6) is 11.5 Å². The molecule has 1 fully saturated rings. The zero-order valence-electron chi connectivity index (χ0n) is 22.3. The minimum absolute atomic E-state index is 0.0966. The Morgan fingerprint density at radius 1 is 1.02 bits per heavy atom. The number of carbonyl (C=O) groups is 4. The number of rotatable bonds is 5. The van der Waals surface area contributed by atoms with Crippen LogP contribution in [0.4, 0.5) is 0 Å². The number of ketones is 2. The fourth-order valence-corrected chi connectivity index (χ4v) is 6.01. The van der Waals surface area contributed by atoms with Crippen LogP contribution in [0.3, 0.4) is 0 Å². The van der Waals surface area contributed by atoms with Crippen LogP contribution in [0.15, 0.2) is 24.3 Å². The van der Waals surface area contributed by atoms with Gasteiger partial charge in [0.15, 0.2) is 18.2 Å². The lowest BCUT2D eigenvalue weighted by Crippen LogP contribution is -2.60. The predicted molar refractivity (Wildman–Crippen MR) is 136 cm³/mol. The van der Waals surface area contributed by atoms with Gasteiger partial charge in [-0.1, -0.05) is 19.1 Å². The number of phenols is 2. The quantitative estimate of drug-likeness (QED) is 0.188. The summed E-state index contributed by atoms with van der Waals surface area (Å²) in [6.45, 7) is 1.54. The highest BCUT2D eigenvalue weighted by atomic mass is 16.7. The van der Waals surface area contributed by atoms with Crippen LogP contribution in [0, 0.1) is 0 Å². The molecule has 0 amide bonds. The third-order valence-electron chi connectivity index (χ3n) is 8.23. The van der Waals surface area contributed by atoms with Crippen molar-refractivity contribution in [2.75, 3.05) is 7.11 Å². The van der Waals surface area contributed by atoms with Crippen LogP contribution in [-0.4, -0.2) is 103 Å². The smallest absolute Gasteiger partial charge is 0.335 e. The van der Waals surface area contributed by atoms with Gasteiger partial charge in [-0.3, -0.25) is 14.4 Å². The van der Waals surface area contributed by atoms with E-state index < -0.39 is 95.3 Å². The van der Waals surface area contributed by atoms with E-state index in [-0.39, 0.29) is 34.2 Å². The Bertz CT molecular complexity index is 1500. The zero-order chi connectivity index (χ0) is 30.8. The Morgan fingerprint density at radius 3 is 2.33 bits per heavy atom. The molecular formula is C28H28O14. The number of fused-ring (bicyclic) bond motifs is 3. The van der Waals surface area contributed by atoms with Gasteiger partial charge in [-0.25, -0.2) is 4.79 Å². The topological polar surface area (TPSA) is 238 Å². The van der Waals surface area contributed by atoms with Crippen molar-refractivity contribution in [2.24, 2.45) is 0 Å². The maximum absolute atomic E-state index is 13.5. The molecule has 1 aliphatic heterocycles. The minimum atomic E-state index is -2.03. The summed E-state index contributed by atoms with van der Waals surface area (Å²) in [5.74, 6) is -7.13. The molecule has 0 unspecified atom stereocenters. The van der Waals surface area contributed by atoms with E-state index in [9.17, 15) is 54.9 Å². The molecule has 8 atom stereocenters. The van der Waals surface area contributed by atoms with Crippen molar-refractivity contribution in [3.8, 4) is 11.5 Å². The van der Waals surface area contributed by atoms with Gasteiger partial charge in [0.25, 0.3) is 0 Å². The predicted octanol–water partition coefficient (Wildman–Crippen LogP) is -0.376. The first-order chi connectivity index (χ1) is 19.8. The molecule has 0 bridgehead atoms. The number of aliphatic hydroxyl groups is 4. The lowest BCUT2D eigenvalue weighted by atomic mass is 9.67. The molecule has 0 radical (unpaired) electrons. The SMILES string of the molecule is CC[C@@]1(O)C[C@H](O[C@@H]2O[C@H](C(=O)O)[C@@H](O)[C@H](O)[C@H]2O)c2c(cc3c(c2O)C(=O)c2c(O)cccc2C3=O)[C@H]1C(=O)OC. The number of aliphatic carboxylic acids is 1. The molecule has 42 heavy (non-hydrogen) atoms. The van der Waals surface area contributed by atoms with Crippen LogP contribution in [0.25, 0.3) is 0 Å². The Labute approximate surface area is 237 Å². The molecule has 0 saturated carbocycles.